The topological polar surface area (TPSA) is 257 Å². The fourth-order valence-electron chi connectivity index (χ4n) is 6.36. The molecule has 19 heteroatoms. The predicted octanol–water partition coefficient (Wildman–Crippen LogP) is 3.02. The summed E-state index contributed by atoms with van der Waals surface area (Å²) in [6.07, 6.45) is 8.44. The predicted molar refractivity (Wildman–Crippen MR) is 182 cm³/mol. The van der Waals surface area contributed by atoms with Crippen LogP contribution in [0, 0.1) is 0 Å². The number of fused-ring (bicyclic) bond motifs is 2. The molecule has 1 amide bonds. The lowest BCUT2D eigenvalue weighted by Crippen LogP contribution is -2.28. The molecule has 4 aliphatic carbocycles. The Bertz CT molecular complexity index is 2280. The van der Waals surface area contributed by atoms with Gasteiger partial charge in [0.15, 0.2) is 0 Å². The number of aromatic carboxylic acids is 1. The molecule has 0 radical (unpaired) electrons. The van der Waals surface area contributed by atoms with Crippen LogP contribution >= 0.6 is 0 Å². The van der Waals surface area contributed by atoms with Crippen molar-refractivity contribution in [3.05, 3.63) is 82.1 Å². The molecule has 0 saturated heterocycles. The van der Waals surface area contributed by atoms with Gasteiger partial charge in [-0.2, -0.15) is 19.6 Å². The van der Waals surface area contributed by atoms with Gasteiger partial charge in [-0.1, -0.05) is 34.6 Å². The van der Waals surface area contributed by atoms with E-state index < -0.39 is 5.97 Å². The first-order valence-corrected chi connectivity index (χ1v) is 17.4. The number of nitrogens with zero attached hydrogens (tertiary/aromatic N) is 12. The third kappa shape index (κ3) is 7.55. The van der Waals surface area contributed by atoms with Crippen molar-refractivity contribution >= 4 is 11.9 Å². The largest absolute Gasteiger partial charge is 0.475 e. The third-order valence-corrected chi connectivity index (χ3v) is 9.46. The molecule has 6 aromatic rings. The number of benzene rings is 2. The Kier molecular flexibility index (Phi) is 8.99. The number of aryl methyl sites for hydroxylation is 4. The summed E-state index contributed by atoms with van der Waals surface area (Å²) in [5, 5.41) is 40.7. The van der Waals surface area contributed by atoms with Crippen LogP contribution in [0.3, 0.4) is 0 Å². The number of carbonyl (C=O) groups excluding carboxylic acids is 1. The highest BCUT2D eigenvalue weighted by Crippen LogP contribution is 2.41. The van der Waals surface area contributed by atoms with Crippen LogP contribution in [-0.2, 0) is 26.9 Å². The van der Waals surface area contributed by atoms with Crippen LogP contribution in [0.4, 0.5) is 0 Å². The lowest BCUT2D eigenvalue weighted by Gasteiger charge is -2.12. The standard InChI is InChI=1S/C17H17N7O2.C14H15N3O.C3H4N4O2/c1-24-21-15(20-23-24)16(25)18-13-7-5-10-8-11(4-6-12(10)13)14-19-17(26-22-14)9-2-3-9;15-12-6-4-9-7-10(3-5-11(9)12)13-16-14(18-17-13)8-1-2-8;1-7-5-2(3(8)9)4-6-7/h4,6,8-9,13H,2-3,5,7H2,1H3,(H,18,25);3,5,7-8,12H,1-2,4,6,15H2;1H3,(H,8,9)/t13-;12-;/m11./s1. The highest BCUT2D eigenvalue weighted by Gasteiger charge is 2.31. The second kappa shape index (κ2) is 14.1. The van der Waals surface area contributed by atoms with Gasteiger partial charge in [0.25, 0.3) is 17.6 Å². The van der Waals surface area contributed by atoms with E-state index in [9.17, 15) is 9.59 Å². The van der Waals surface area contributed by atoms with Crippen LogP contribution in [0.15, 0.2) is 45.4 Å². The van der Waals surface area contributed by atoms with E-state index in [0.717, 1.165) is 71.8 Å². The summed E-state index contributed by atoms with van der Waals surface area (Å²) in [4.78, 5) is 33.6. The smallest absolute Gasteiger partial charge is 0.377 e. The van der Waals surface area contributed by atoms with Crippen molar-refractivity contribution in [2.45, 2.75) is 75.3 Å². The summed E-state index contributed by atoms with van der Waals surface area (Å²) in [7, 11) is 3.13. The van der Waals surface area contributed by atoms with Crippen molar-refractivity contribution in [3.63, 3.8) is 0 Å². The number of carbonyl (C=O) groups is 2. The SMILES string of the molecule is Cn1nnc(C(=O)N[C@@H]2CCc3cc(-c4noc(C5CC5)n4)ccc32)n1.Cn1nnc(C(=O)O)n1.N[C@@H]1CCc2cc(-c3noc(C4CC4)n3)ccc21. The molecule has 2 fully saturated rings. The molecule has 4 aromatic heterocycles. The van der Waals surface area contributed by atoms with Crippen molar-refractivity contribution in [3.8, 4) is 22.8 Å². The minimum atomic E-state index is -1.16. The number of hydrogen-bond donors (Lipinski definition) is 3. The zero-order valence-corrected chi connectivity index (χ0v) is 29.0. The van der Waals surface area contributed by atoms with Crippen LogP contribution < -0.4 is 11.1 Å². The zero-order chi connectivity index (χ0) is 36.6. The highest BCUT2D eigenvalue weighted by molar-refractivity contribution is 5.90. The molecule has 2 saturated carbocycles. The second-order valence-electron chi connectivity index (χ2n) is 13.5. The molecule has 0 unspecified atom stereocenters. The molecule has 10 rings (SSSR count). The second-order valence-corrected chi connectivity index (χ2v) is 13.5. The van der Waals surface area contributed by atoms with Crippen molar-refractivity contribution in [1.29, 1.82) is 0 Å². The van der Waals surface area contributed by atoms with Crippen molar-refractivity contribution in [2.75, 3.05) is 0 Å². The number of rotatable bonds is 7. The average Bonchev–Trinajstić information content (AvgIpc) is 3.70. The van der Waals surface area contributed by atoms with Crippen LogP contribution in [0.1, 0.15) is 118 Å². The first kappa shape index (κ1) is 33.9. The summed E-state index contributed by atoms with van der Waals surface area (Å²) in [5.74, 6) is 2.15. The van der Waals surface area contributed by atoms with E-state index in [1.807, 2.05) is 18.2 Å². The molecule has 4 N–H and O–H groups in total. The lowest BCUT2D eigenvalue weighted by atomic mass is 10.0. The highest BCUT2D eigenvalue weighted by atomic mass is 16.5. The number of aromatic nitrogens is 12. The molecule has 272 valence electrons. The molecule has 53 heavy (non-hydrogen) atoms. The number of hydrogen-bond acceptors (Lipinski definition) is 15. The fourth-order valence-corrected chi connectivity index (χ4v) is 6.36. The molecular weight excluding hydrogens is 684 g/mol. The number of carboxylic acids is 1. The number of carboxylic acid groups (broad SMARTS) is 1. The van der Waals surface area contributed by atoms with Gasteiger partial charge >= 0.3 is 5.97 Å². The Hall–Kier alpha value is -6.24. The van der Waals surface area contributed by atoms with Crippen LogP contribution in [0.25, 0.3) is 22.8 Å². The molecular formula is C34H36N14O5. The first-order chi connectivity index (χ1) is 25.7. The summed E-state index contributed by atoms with van der Waals surface area (Å²) in [6, 6.07) is 12.5. The Morgan fingerprint density at radius 1 is 0.755 bits per heavy atom. The molecule has 0 bridgehead atoms. The molecule has 2 atom stereocenters. The summed E-state index contributed by atoms with van der Waals surface area (Å²) < 4.78 is 10.6. The quantitative estimate of drug-likeness (QED) is 0.214. The van der Waals surface area contributed by atoms with E-state index >= 15 is 0 Å². The number of nitrogens with one attached hydrogen (secondary N) is 1. The molecule has 0 spiro atoms. The Balaban J connectivity index is 0.000000128. The van der Waals surface area contributed by atoms with Gasteiger partial charge in [-0.15, -0.1) is 20.4 Å². The zero-order valence-electron chi connectivity index (χ0n) is 29.0. The molecule has 2 aromatic carbocycles. The van der Waals surface area contributed by atoms with Crippen LogP contribution in [0.2, 0.25) is 0 Å². The Labute approximate surface area is 301 Å². The van der Waals surface area contributed by atoms with E-state index in [2.05, 4.69) is 74.6 Å². The van der Waals surface area contributed by atoms with Crippen molar-refractivity contribution in [2.24, 2.45) is 19.8 Å². The van der Waals surface area contributed by atoms with Crippen LogP contribution in [0.5, 0.6) is 0 Å². The molecule has 19 nitrogen and oxygen atoms in total. The van der Waals surface area contributed by atoms with Gasteiger partial charge in [0.2, 0.25) is 23.4 Å². The van der Waals surface area contributed by atoms with Gasteiger partial charge in [0.1, 0.15) is 0 Å². The van der Waals surface area contributed by atoms with E-state index in [-0.39, 0.29) is 29.6 Å². The van der Waals surface area contributed by atoms with E-state index in [1.165, 1.54) is 41.4 Å². The summed E-state index contributed by atoms with van der Waals surface area (Å²) >= 11 is 0. The van der Waals surface area contributed by atoms with Gasteiger partial charge in [-0.3, -0.25) is 4.79 Å². The first-order valence-electron chi connectivity index (χ1n) is 17.4. The van der Waals surface area contributed by atoms with E-state index in [4.69, 9.17) is 19.9 Å². The maximum Gasteiger partial charge on any atom is 0.377 e. The maximum atomic E-state index is 12.3. The van der Waals surface area contributed by atoms with E-state index in [0.29, 0.717) is 23.5 Å². The molecule has 4 heterocycles. The fraction of sp³-hybridized carbons (Fsp3) is 0.412. The summed E-state index contributed by atoms with van der Waals surface area (Å²) in [5.41, 5.74) is 12.9. The van der Waals surface area contributed by atoms with Crippen molar-refractivity contribution < 1.29 is 23.7 Å². The Morgan fingerprint density at radius 3 is 1.79 bits per heavy atom. The van der Waals surface area contributed by atoms with Gasteiger partial charge in [0.05, 0.1) is 20.1 Å². The van der Waals surface area contributed by atoms with E-state index in [1.54, 1.807) is 7.05 Å². The van der Waals surface area contributed by atoms with Crippen LogP contribution in [-0.4, -0.2) is 77.7 Å². The van der Waals surface area contributed by atoms with Crippen molar-refractivity contribution in [1.82, 2.24) is 66.0 Å². The molecule has 0 aliphatic heterocycles. The minimum Gasteiger partial charge on any atom is -0.475 e. The van der Waals surface area contributed by atoms with Gasteiger partial charge in [-0.25, -0.2) is 4.79 Å². The lowest BCUT2D eigenvalue weighted by molar-refractivity contribution is 0.0682. The Morgan fingerprint density at radius 2 is 1.28 bits per heavy atom. The summed E-state index contributed by atoms with van der Waals surface area (Å²) in [6.45, 7) is 0. The number of amides is 1. The third-order valence-electron chi connectivity index (χ3n) is 9.46. The maximum absolute atomic E-state index is 12.3. The minimum absolute atomic E-state index is 0.0531. The normalized spacial score (nSPS) is 18.3. The monoisotopic (exact) mass is 720 g/mol. The van der Waals surface area contributed by atoms with Gasteiger partial charge < -0.3 is 25.2 Å². The average molecular weight is 721 g/mol. The number of nitrogens with two attached hydrogens (primary N) is 1. The van der Waals surface area contributed by atoms with Gasteiger partial charge in [-0.05, 0) is 96.2 Å². The van der Waals surface area contributed by atoms with Gasteiger partial charge in [0, 0.05) is 29.0 Å². The molecule has 4 aliphatic rings. The number of tetrazole rings is 2.